The first-order valence-electron chi connectivity index (χ1n) is 10.2. The Labute approximate surface area is 182 Å². The van der Waals surface area contributed by atoms with E-state index in [1.807, 2.05) is 61.5 Å². The van der Waals surface area contributed by atoms with E-state index in [9.17, 15) is 9.59 Å². The zero-order chi connectivity index (χ0) is 22.1. The number of para-hydroxylation sites is 1. The average molecular weight is 418 g/mol. The molecule has 0 heterocycles. The van der Waals surface area contributed by atoms with Crippen molar-refractivity contribution < 1.29 is 19.1 Å². The quantitative estimate of drug-likeness (QED) is 0.533. The molecule has 6 heteroatoms. The topological polar surface area (TPSA) is 76.7 Å². The van der Waals surface area contributed by atoms with E-state index in [1.54, 1.807) is 31.2 Å². The molecule has 2 N–H and O–H groups in total. The highest BCUT2D eigenvalue weighted by molar-refractivity contribution is 5.98. The third-order valence-electron chi connectivity index (χ3n) is 4.54. The van der Waals surface area contributed by atoms with Gasteiger partial charge in [0, 0.05) is 0 Å². The van der Waals surface area contributed by atoms with Gasteiger partial charge in [0.05, 0.1) is 12.2 Å². The maximum atomic E-state index is 12.4. The van der Waals surface area contributed by atoms with Gasteiger partial charge in [0.15, 0.2) is 6.10 Å². The summed E-state index contributed by atoms with van der Waals surface area (Å²) in [4.78, 5) is 24.8. The van der Waals surface area contributed by atoms with E-state index in [-0.39, 0.29) is 0 Å². The van der Waals surface area contributed by atoms with Crippen molar-refractivity contribution in [2.75, 3.05) is 6.61 Å². The Hall–Kier alpha value is -3.80. The van der Waals surface area contributed by atoms with Gasteiger partial charge in [-0.05, 0) is 48.7 Å². The molecular formula is C25H26N2O4. The molecule has 160 valence electrons. The SMILES string of the molecule is CCCOc1ccccc1C(=O)NNC(=O)C(C)Oc1ccc(-c2ccccc2)cc1. The number of ether oxygens (including phenoxy) is 2. The summed E-state index contributed by atoms with van der Waals surface area (Å²) in [5, 5.41) is 0. The molecule has 0 aromatic heterocycles. The van der Waals surface area contributed by atoms with Gasteiger partial charge >= 0.3 is 0 Å². The van der Waals surface area contributed by atoms with Crippen LogP contribution in [0.15, 0.2) is 78.9 Å². The van der Waals surface area contributed by atoms with Crippen molar-refractivity contribution in [2.45, 2.75) is 26.4 Å². The molecule has 6 nitrogen and oxygen atoms in total. The van der Waals surface area contributed by atoms with Gasteiger partial charge in [-0.15, -0.1) is 0 Å². The lowest BCUT2D eigenvalue weighted by atomic mass is 10.1. The fourth-order valence-corrected chi connectivity index (χ4v) is 2.89. The average Bonchev–Trinajstić information content (AvgIpc) is 2.82. The summed E-state index contributed by atoms with van der Waals surface area (Å²) >= 11 is 0. The fourth-order valence-electron chi connectivity index (χ4n) is 2.89. The van der Waals surface area contributed by atoms with Crippen LogP contribution in [-0.4, -0.2) is 24.5 Å². The number of carbonyl (C=O) groups excluding carboxylic acids is 2. The van der Waals surface area contributed by atoms with Crippen LogP contribution >= 0.6 is 0 Å². The molecule has 0 saturated heterocycles. The van der Waals surface area contributed by atoms with Crippen LogP contribution in [0.5, 0.6) is 11.5 Å². The van der Waals surface area contributed by atoms with E-state index >= 15 is 0 Å². The van der Waals surface area contributed by atoms with Crippen LogP contribution in [0.1, 0.15) is 30.6 Å². The van der Waals surface area contributed by atoms with Crippen molar-refractivity contribution in [2.24, 2.45) is 0 Å². The first-order chi connectivity index (χ1) is 15.1. The van der Waals surface area contributed by atoms with E-state index in [4.69, 9.17) is 9.47 Å². The second-order valence-corrected chi connectivity index (χ2v) is 6.94. The summed E-state index contributed by atoms with van der Waals surface area (Å²) in [6.45, 7) is 4.11. The fraction of sp³-hybridized carbons (Fsp3) is 0.200. The minimum absolute atomic E-state index is 0.348. The molecule has 0 saturated carbocycles. The number of amides is 2. The van der Waals surface area contributed by atoms with Gasteiger partial charge in [-0.1, -0.05) is 61.5 Å². The summed E-state index contributed by atoms with van der Waals surface area (Å²) in [6, 6.07) is 24.4. The minimum Gasteiger partial charge on any atom is -0.493 e. The van der Waals surface area contributed by atoms with Crippen molar-refractivity contribution in [3.63, 3.8) is 0 Å². The largest absolute Gasteiger partial charge is 0.493 e. The molecule has 31 heavy (non-hydrogen) atoms. The summed E-state index contributed by atoms with van der Waals surface area (Å²) < 4.78 is 11.3. The Bertz CT molecular complexity index is 1000. The number of hydrazine groups is 1. The van der Waals surface area contributed by atoms with Crippen LogP contribution < -0.4 is 20.3 Å². The van der Waals surface area contributed by atoms with Crippen LogP contribution in [0.3, 0.4) is 0 Å². The Morgan fingerprint density at radius 3 is 2.19 bits per heavy atom. The molecule has 0 bridgehead atoms. The second kappa shape index (κ2) is 10.8. The Morgan fingerprint density at radius 2 is 1.48 bits per heavy atom. The number of hydrogen-bond donors (Lipinski definition) is 2. The van der Waals surface area contributed by atoms with E-state index in [0.29, 0.717) is 23.7 Å². The van der Waals surface area contributed by atoms with Crippen LogP contribution in [0.2, 0.25) is 0 Å². The van der Waals surface area contributed by atoms with Gasteiger partial charge in [-0.3, -0.25) is 20.4 Å². The number of carbonyl (C=O) groups is 2. The smallest absolute Gasteiger partial charge is 0.279 e. The van der Waals surface area contributed by atoms with Gasteiger partial charge in [0.2, 0.25) is 0 Å². The van der Waals surface area contributed by atoms with Crippen molar-refractivity contribution in [3.05, 3.63) is 84.4 Å². The lowest BCUT2D eigenvalue weighted by Gasteiger charge is -2.16. The molecule has 2 amide bonds. The predicted octanol–water partition coefficient (Wildman–Crippen LogP) is 4.37. The standard InChI is InChI=1S/C25H26N2O4/c1-3-17-30-23-12-8-7-11-22(23)25(29)27-26-24(28)18(2)31-21-15-13-20(14-16-21)19-9-5-4-6-10-19/h4-16,18H,3,17H2,1-2H3,(H,26,28)(H,27,29). The van der Waals surface area contributed by atoms with Crippen LogP contribution in [-0.2, 0) is 4.79 Å². The molecule has 3 aromatic rings. The first-order valence-corrected chi connectivity index (χ1v) is 10.2. The molecule has 3 aromatic carbocycles. The Balaban J connectivity index is 1.53. The van der Waals surface area contributed by atoms with Gasteiger partial charge in [-0.25, -0.2) is 0 Å². The van der Waals surface area contributed by atoms with E-state index < -0.39 is 17.9 Å². The van der Waals surface area contributed by atoms with E-state index in [2.05, 4.69) is 10.9 Å². The highest BCUT2D eigenvalue weighted by Crippen LogP contribution is 2.22. The lowest BCUT2D eigenvalue weighted by molar-refractivity contribution is -0.128. The number of rotatable bonds is 8. The van der Waals surface area contributed by atoms with Crippen molar-refractivity contribution >= 4 is 11.8 Å². The molecular weight excluding hydrogens is 392 g/mol. The maximum absolute atomic E-state index is 12.4. The van der Waals surface area contributed by atoms with E-state index in [0.717, 1.165) is 17.5 Å². The van der Waals surface area contributed by atoms with Crippen LogP contribution in [0.4, 0.5) is 0 Å². The summed E-state index contributed by atoms with van der Waals surface area (Å²) in [5.41, 5.74) is 7.32. The molecule has 0 aliphatic carbocycles. The molecule has 0 aliphatic heterocycles. The summed E-state index contributed by atoms with van der Waals surface area (Å²) in [7, 11) is 0. The molecule has 3 rings (SSSR count). The van der Waals surface area contributed by atoms with Crippen molar-refractivity contribution in [1.29, 1.82) is 0 Å². The van der Waals surface area contributed by atoms with Crippen molar-refractivity contribution in [3.8, 4) is 22.6 Å². The third kappa shape index (κ3) is 6.09. The maximum Gasteiger partial charge on any atom is 0.279 e. The Kier molecular flexibility index (Phi) is 7.65. The predicted molar refractivity (Wildman–Crippen MR) is 120 cm³/mol. The van der Waals surface area contributed by atoms with Gasteiger partial charge < -0.3 is 9.47 Å². The summed E-state index contributed by atoms with van der Waals surface area (Å²) in [5.74, 6) is 0.109. The third-order valence-corrected chi connectivity index (χ3v) is 4.54. The minimum atomic E-state index is -0.797. The molecule has 1 atom stereocenters. The monoisotopic (exact) mass is 418 g/mol. The number of benzene rings is 3. The molecule has 0 aliphatic rings. The van der Waals surface area contributed by atoms with Crippen LogP contribution in [0.25, 0.3) is 11.1 Å². The highest BCUT2D eigenvalue weighted by atomic mass is 16.5. The molecule has 0 spiro atoms. The zero-order valence-corrected chi connectivity index (χ0v) is 17.6. The lowest BCUT2D eigenvalue weighted by Crippen LogP contribution is -2.47. The second-order valence-electron chi connectivity index (χ2n) is 6.94. The van der Waals surface area contributed by atoms with Gasteiger partial charge in [0.1, 0.15) is 11.5 Å². The van der Waals surface area contributed by atoms with Gasteiger partial charge in [0.25, 0.3) is 11.8 Å². The first kappa shape index (κ1) is 21.9. The number of hydrogen-bond acceptors (Lipinski definition) is 4. The molecule has 0 radical (unpaired) electrons. The normalized spacial score (nSPS) is 11.3. The van der Waals surface area contributed by atoms with Gasteiger partial charge in [-0.2, -0.15) is 0 Å². The Morgan fingerprint density at radius 1 is 0.839 bits per heavy atom. The van der Waals surface area contributed by atoms with Crippen molar-refractivity contribution in [1.82, 2.24) is 10.9 Å². The highest BCUT2D eigenvalue weighted by Gasteiger charge is 2.17. The van der Waals surface area contributed by atoms with Crippen LogP contribution in [0, 0.1) is 0 Å². The van der Waals surface area contributed by atoms with E-state index in [1.165, 1.54) is 0 Å². The zero-order valence-electron chi connectivity index (χ0n) is 17.6. The molecule has 0 fully saturated rings. The number of nitrogens with one attached hydrogen (secondary N) is 2. The molecule has 1 unspecified atom stereocenters. The summed E-state index contributed by atoms with van der Waals surface area (Å²) in [6.07, 6.45) is 0.0305.